The molecule has 4 heteroatoms. The average molecular weight is 244 g/mol. The molecule has 88 valence electrons. The summed E-state index contributed by atoms with van der Waals surface area (Å²) in [5.41, 5.74) is 0.0666. The summed E-state index contributed by atoms with van der Waals surface area (Å²) < 4.78 is 26.1. The third kappa shape index (κ3) is 2.09. The van der Waals surface area contributed by atoms with Gasteiger partial charge < -0.3 is 5.11 Å². The zero-order valence-electron chi connectivity index (χ0n) is 9.04. The molecule has 1 aromatic rings. The number of rotatable bonds is 2. The lowest BCUT2D eigenvalue weighted by Crippen LogP contribution is -2.27. The van der Waals surface area contributed by atoms with Crippen LogP contribution in [-0.2, 0) is 0 Å². The van der Waals surface area contributed by atoms with E-state index >= 15 is 0 Å². The third-order valence-electron chi connectivity index (χ3n) is 3.08. The van der Waals surface area contributed by atoms with Gasteiger partial charge in [-0.2, -0.15) is 11.8 Å². The van der Waals surface area contributed by atoms with E-state index in [0.717, 1.165) is 36.8 Å². The second-order valence-corrected chi connectivity index (χ2v) is 5.96. The maximum Gasteiger partial charge on any atom is 0.129 e. The molecule has 0 bridgehead atoms. The summed E-state index contributed by atoms with van der Waals surface area (Å²) in [4.78, 5) is 0. The van der Waals surface area contributed by atoms with Gasteiger partial charge in [0, 0.05) is 10.3 Å². The first-order chi connectivity index (χ1) is 7.53. The Morgan fingerprint density at radius 2 is 2.19 bits per heavy atom. The number of aliphatic hydroxyl groups excluding tert-OH is 1. The lowest BCUT2D eigenvalue weighted by atomic mass is 9.92. The Morgan fingerprint density at radius 3 is 2.81 bits per heavy atom. The lowest BCUT2D eigenvalue weighted by molar-refractivity contribution is 0.130. The van der Waals surface area contributed by atoms with Gasteiger partial charge in [-0.1, -0.05) is 0 Å². The minimum absolute atomic E-state index is 0.0666. The van der Waals surface area contributed by atoms with Crippen LogP contribution in [0.3, 0.4) is 0 Å². The zero-order valence-corrected chi connectivity index (χ0v) is 9.86. The van der Waals surface area contributed by atoms with E-state index in [2.05, 4.69) is 0 Å². The second kappa shape index (κ2) is 4.34. The molecule has 0 aromatic heterocycles. The Hall–Kier alpha value is -0.610. The van der Waals surface area contributed by atoms with E-state index in [1.165, 1.54) is 0 Å². The standard InChI is InChI=1S/C12H14F2OS/c1-12(5-2-6-16-12)11(15)9-7-8(13)3-4-10(9)14/h3-4,7,11,15H,2,5-6H2,1H3. The SMILES string of the molecule is CC1(C(O)c2cc(F)ccc2F)CCCS1. The largest absolute Gasteiger partial charge is 0.387 e. The molecule has 2 atom stereocenters. The molecule has 1 aliphatic heterocycles. The Balaban J connectivity index is 2.32. The minimum atomic E-state index is -0.948. The van der Waals surface area contributed by atoms with Crippen LogP contribution in [-0.4, -0.2) is 15.6 Å². The summed E-state index contributed by atoms with van der Waals surface area (Å²) in [6.07, 6.45) is 0.889. The summed E-state index contributed by atoms with van der Waals surface area (Å²) in [6.45, 7) is 1.90. The van der Waals surface area contributed by atoms with Gasteiger partial charge in [-0.25, -0.2) is 8.78 Å². The van der Waals surface area contributed by atoms with Crippen LogP contribution in [0.1, 0.15) is 31.4 Å². The van der Waals surface area contributed by atoms with Crippen molar-refractivity contribution in [1.82, 2.24) is 0 Å². The Bertz CT molecular complexity index is 389. The van der Waals surface area contributed by atoms with Crippen molar-refractivity contribution in [3.05, 3.63) is 35.4 Å². The van der Waals surface area contributed by atoms with Crippen molar-refractivity contribution in [1.29, 1.82) is 0 Å². The van der Waals surface area contributed by atoms with Gasteiger partial charge in [-0.05, 0) is 43.7 Å². The molecule has 1 N–H and O–H groups in total. The fraction of sp³-hybridized carbons (Fsp3) is 0.500. The van der Waals surface area contributed by atoms with Gasteiger partial charge in [-0.15, -0.1) is 0 Å². The first-order valence-corrected chi connectivity index (χ1v) is 6.28. The van der Waals surface area contributed by atoms with Gasteiger partial charge >= 0.3 is 0 Å². The number of aliphatic hydroxyl groups is 1. The molecule has 1 aromatic carbocycles. The zero-order chi connectivity index (χ0) is 11.8. The minimum Gasteiger partial charge on any atom is -0.387 e. The Labute approximate surface area is 97.9 Å². The van der Waals surface area contributed by atoms with Crippen LogP contribution < -0.4 is 0 Å². The van der Waals surface area contributed by atoms with Crippen LogP contribution in [0.15, 0.2) is 18.2 Å². The first kappa shape index (κ1) is 11.9. The van der Waals surface area contributed by atoms with Crippen LogP contribution in [0.4, 0.5) is 8.78 Å². The molecule has 2 unspecified atom stereocenters. The highest BCUT2D eigenvalue weighted by atomic mass is 32.2. The van der Waals surface area contributed by atoms with Crippen LogP contribution in [0.2, 0.25) is 0 Å². The van der Waals surface area contributed by atoms with E-state index in [1.54, 1.807) is 11.8 Å². The van der Waals surface area contributed by atoms with Gasteiger partial charge in [-0.3, -0.25) is 0 Å². The molecular weight excluding hydrogens is 230 g/mol. The highest BCUT2D eigenvalue weighted by molar-refractivity contribution is 8.00. The van der Waals surface area contributed by atoms with Gasteiger partial charge in [0.1, 0.15) is 11.6 Å². The molecule has 16 heavy (non-hydrogen) atoms. The summed E-state index contributed by atoms with van der Waals surface area (Å²) in [7, 11) is 0. The van der Waals surface area contributed by atoms with Crippen molar-refractivity contribution >= 4 is 11.8 Å². The van der Waals surface area contributed by atoms with E-state index < -0.39 is 22.5 Å². The molecule has 0 amide bonds. The molecule has 2 rings (SSSR count). The molecule has 0 saturated carbocycles. The van der Waals surface area contributed by atoms with Crippen molar-refractivity contribution in [2.45, 2.75) is 30.6 Å². The van der Waals surface area contributed by atoms with Gasteiger partial charge in [0.25, 0.3) is 0 Å². The summed E-state index contributed by atoms with van der Waals surface area (Å²) in [6, 6.07) is 3.22. The van der Waals surface area contributed by atoms with Crippen molar-refractivity contribution in [3.63, 3.8) is 0 Å². The van der Waals surface area contributed by atoms with Crippen LogP contribution in [0.5, 0.6) is 0 Å². The maximum atomic E-state index is 13.5. The van der Waals surface area contributed by atoms with Crippen LogP contribution >= 0.6 is 11.8 Å². The normalized spacial score (nSPS) is 27.0. The molecule has 1 saturated heterocycles. The third-order valence-corrected chi connectivity index (χ3v) is 4.66. The number of halogens is 2. The molecular formula is C12H14F2OS. The van der Waals surface area contributed by atoms with E-state index in [4.69, 9.17) is 0 Å². The number of hydrogen-bond donors (Lipinski definition) is 1. The predicted molar refractivity (Wildman–Crippen MR) is 61.4 cm³/mol. The van der Waals surface area contributed by atoms with Crippen molar-refractivity contribution in [3.8, 4) is 0 Å². The quantitative estimate of drug-likeness (QED) is 0.861. The molecule has 1 heterocycles. The second-order valence-electron chi connectivity index (χ2n) is 4.33. The van der Waals surface area contributed by atoms with Gasteiger partial charge in [0.15, 0.2) is 0 Å². The topological polar surface area (TPSA) is 20.2 Å². The van der Waals surface area contributed by atoms with Crippen molar-refractivity contribution < 1.29 is 13.9 Å². The highest BCUT2D eigenvalue weighted by Crippen LogP contribution is 2.46. The van der Waals surface area contributed by atoms with E-state index in [-0.39, 0.29) is 5.56 Å². The van der Waals surface area contributed by atoms with E-state index in [0.29, 0.717) is 0 Å². The predicted octanol–water partition coefficient (Wildman–Crippen LogP) is 3.28. The fourth-order valence-electron chi connectivity index (χ4n) is 2.07. The van der Waals surface area contributed by atoms with Crippen LogP contribution in [0.25, 0.3) is 0 Å². The molecule has 1 nitrogen and oxygen atoms in total. The summed E-state index contributed by atoms with van der Waals surface area (Å²) in [5, 5.41) is 10.2. The van der Waals surface area contributed by atoms with Crippen LogP contribution in [0, 0.1) is 11.6 Å². The number of thioether (sulfide) groups is 1. The van der Waals surface area contributed by atoms with Crippen molar-refractivity contribution in [2.24, 2.45) is 0 Å². The fourth-order valence-corrected chi connectivity index (χ4v) is 3.40. The number of benzene rings is 1. The Morgan fingerprint density at radius 1 is 1.44 bits per heavy atom. The average Bonchev–Trinajstić information content (AvgIpc) is 2.69. The molecule has 0 spiro atoms. The van der Waals surface area contributed by atoms with Gasteiger partial charge in [0.2, 0.25) is 0 Å². The lowest BCUT2D eigenvalue weighted by Gasteiger charge is -2.29. The smallest absolute Gasteiger partial charge is 0.129 e. The first-order valence-electron chi connectivity index (χ1n) is 5.30. The molecule has 0 aliphatic carbocycles. The van der Waals surface area contributed by atoms with Crippen molar-refractivity contribution in [2.75, 3.05) is 5.75 Å². The summed E-state index contributed by atoms with van der Waals surface area (Å²) >= 11 is 1.62. The van der Waals surface area contributed by atoms with E-state index in [1.807, 2.05) is 6.92 Å². The maximum absolute atomic E-state index is 13.5. The molecule has 1 aliphatic rings. The highest BCUT2D eigenvalue weighted by Gasteiger charge is 2.38. The van der Waals surface area contributed by atoms with Gasteiger partial charge in [0.05, 0.1) is 6.10 Å². The monoisotopic (exact) mass is 244 g/mol. The summed E-state index contributed by atoms with van der Waals surface area (Å²) in [5.74, 6) is -0.0884. The Kier molecular flexibility index (Phi) is 3.22. The number of hydrogen-bond acceptors (Lipinski definition) is 2. The molecule has 1 fully saturated rings. The van der Waals surface area contributed by atoms with E-state index in [9.17, 15) is 13.9 Å². The molecule has 0 radical (unpaired) electrons.